The first-order chi connectivity index (χ1) is 17.0. The van der Waals surface area contributed by atoms with E-state index in [0.717, 1.165) is 6.92 Å². The fourth-order valence-corrected chi connectivity index (χ4v) is 3.19. The first kappa shape index (κ1) is 28.2. The molecule has 1 aromatic heterocycles. The fraction of sp³-hybridized carbons (Fsp3) is 0.409. The molecular formula is C22H30N6O8. The number of nitrogens with two attached hydrogens (primary N) is 1. The van der Waals surface area contributed by atoms with Gasteiger partial charge in [0.1, 0.15) is 17.8 Å². The van der Waals surface area contributed by atoms with Crippen LogP contribution in [0.2, 0.25) is 0 Å². The maximum absolute atomic E-state index is 13.0. The first-order valence-electron chi connectivity index (χ1n) is 10.9. The normalized spacial score (nSPS) is 15.1. The van der Waals surface area contributed by atoms with Gasteiger partial charge in [0.15, 0.2) is 6.04 Å². The zero-order valence-corrected chi connectivity index (χ0v) is 19.4. The summed E-state index contributed by atoms with van der Waals surface area (Å²) < 4.78 is 0. The molecule has 0 saturated heterocycles. The highest BCUT2D eigenvalue weighted by Crippen LogP contribution is 2.12. The lowest BCUT2D eigenvalue weighted by Crippen LogP contribution is -2.59. The molecule has 5 unspecified atom stereocenters. The zero-order valence-electron chi connectivity index (χ0n) is 19.4. The molecule has 196 valence electrons. The maximum Gasteiger partial charge on any atom is 0.328 e. The van der Waals surface area contributed by atoms with Crippen LogP contribution in [0.5, 0.6) is 5.75 Å². The van der Waals surface area contributed by atoms with Crippen LogP contribution in [0.25, 0.3) is 0 Å². The number of hydrogen-bond donors (Lipinski definition) is 9. The number of carbonyl (C=O) groups excluding carboxylic acids is 3. The van der Waals surface area contributed by atoms with E-state index >= 15 is 0 Å². The number of nitrogens with one attached hydrogen (secondary N) is 4. The Hall–Kier alpha value is -4.01. The minimum absolute atomic E-state index is 0.00604. The number of imidazole rings is 1. The predicted molar refractivity (Wildman–Crippen MR) is 124 cm³/mol. The molecule has 1 aromatic carbocycles. The number of nitrogens with zero attached hydrogens (tertiary/aromatic N) is 1. The molecule has 0 saturated carbocycles. The second-order valence-corrected chi connectivity index (χ2v) is 8.13. The van der Waals surface area contributed by atoms with Gasteiger partial charge in [-0.25, -0.2) is 9.78 Å². The van der Waals surface area contributed by atoms with E-state index in [1.807, 2.05) is 5.32 Å². The van der Waals surface area contributed by atoms with Gasteiger partial charge in [0, 0.05) is 24.7 Å². The van der Waals surface area contributed by atoms with Gasteiger partial charge in [-0.2, -0.15) is 0 Å². The Kier molecular flexibility index (Phi) is 10.3. The highest BCUT2D eigenvalue weighted by atomic mass is 16.4. The highest BCUT2D eigenvalue weighted by molar-refractivity contribution is 5.94. The lowest BCUT2D eigenvalue weighted by Gasteiger charge is -2.25. The Balaban J connectivity index is 2.15. The molecule has 0 radical (unpaired) electrons. The number of carboxylic acid groups (broad SMARTS) is 1. The molecule has 3 amide bonds. The Morgan fingerprint density at radius 1 is 1.00 bits per heavy atom. The third kappa shape index (κ3) is 8.33. The lowest BCUT2D eigenvalue weighted by atomic mass is 10.0. The van der Waals surface area contributed by atoms with Gasteiger partial charge in [0.05, 0.1) is 25.1 Å². The lowest BCUT2D eigenvalue weighted by molar-refractivity contribution is -0.145. The second kappa shape index (κ2) is 13.2. The molecule has 0 aliphatic carbocycles. The molecule has 0 aliphatic heterocycles. The van der Waals surface area contributed by atoms with E-state index in [2.05, 4.69) is 20.6 Å². The van der Waals surface area contributed by atoms with Crippen LogP contribution in [0, 0.1) is 0 Å². The third-order valence-electron chi connectivity index (χ3n) is 5.20. The SMILES string of the molecule is CC(O)C(NC(=O)C(CO)NC(=O)C(Cc1ccc(O)cc1)NC(=O)C(N)Cc1cnc[nH]1)C(=O)O. The number of rotatable bonds is 13. The third-order valence-corrected chi connectivity index (χ3v) is 5.20. The molecule has 0 bridgehead atoms. The van der Waals surface area contributed by atoms with Crippen LogP contribution in [0.4, 0.5) is 0 Å². The van der Waals surface area contributed by atoms with Crippen LogP contribution in [0.3, 0.4) is 0 Å². The average molecular weight is 507 g/mol. The van der Waals surface area contributed by atoms with Crippen LogP contribution in [-0.4, -0.2) is 91.0 Å². The zero-order chi connectivity index (χ0) is 26.8. The van der Waals surface area contributed by atoms with Gasteiger partial charge in [0.25, 0.3) is 0 Å². The van der Waals surface area contributed by atoms with E-state index in [0.29, 0.717) is 11.3 Å². The molecule has 2 aromatic rings. The van der Waals surface area contributed by atoms with Gasteiger partial charge in [-0.1, -0.05) is 12.1 Å². The Morgan fingerprint density at radius 2 is 1.61 bits per heavy atom. The number of phenols is 1. The molecule has 10 N–H and O–H groups in total. The van der Waals surface area contributed by atoms with Gasteiger partial charge < -0.3 is 47.1 Å². The largest absolute Gasteiger partial charge is 0.508 e. The minimum Gasteiger partial charge on any atom is -0.508 e. The predicted octanol–water partition coefficient (Wildman–Crippen LogP) is -2.86. The molecule has 1 heterocycles. The Labute approximate surface area is 205 Å². The number of amides is 3. The summed E-state index contributed by atoms with van der Waals surface area (Å²) in [5.41, 5.74) is 7.10. The number of aromatic amines is 1. The first-order valence-corrected chi connectivity index (χ1v) is 10.9. The summed E-state index contributed by atoms with van der Waals surface area (Å²) in [6.07, 6.45) is 1.53. The molecular weight excluding hydrogens is 476 g/mol. The smallest absolute Gasteiger partial charge is 0.328 e. The summed E-state index contributed by atoms with van der Waals surface area (Å²) in [5.74, 6) is -4.10. The Bertz CT molecular complexity index is 1030. The summed E-state index contributed by atoms with van der Waals surface area (Å²) in [6.45, 7) is 0.268. The molecule has 0 fully saturated rings. The van der Waals surface area contributed by atoms with Crippen LogP contribution in [0.15, 0.2) is 36.8 Å². The van der Waals surface area contributed by atoms with Crippen molar-refractivity contribution in [3.63, 3.8) is 0 Å². The number of H-pyrrole nitrogens is 1. The van der Waals surface area contributed by atoms with E-state index in [4.69, 9.17) is 10.8 Å². The van der Waals surface area contributed by atoms with Crippen molar-refractivity contribution < 1.29 is 39.6 Å². The van der Waals surface area contributed by atoms with Crippen molar-refractivity contribution >= 4 is 23.7 Å². The number of carbonyl (C=O) groups is 4. The molecule has 14 nitrogen and oxygen atoms in total. The average Bonchev–Trinajstić information content (AvgIpc) is 3.34. The van der Waals surface area contributed by atoms with E-state index in [-0.39, 0.29) is 18.6 Å². The van der Waals surface area contributed by atoms with Crippen molar-refractivity contribution in [2.75, 3.05) is 6.61 Å². The second-order valence-electron chi connectivity index (χ2n) is 8.13. The number of phenolic OH excluding ortho intramolecular Hbond substituents is 1. The molecule has 14 heteroatoms. The standard InChI is InChI=1S/C22H30N6O8/c1-11(30)18(22(35)36)28-21(34)17(9-29)27-20(33)16(6-12-2-4-14(31)5-3-12)26-19(32)15(23)7-13-8-24-10-25-13/h2-5,8,10-11,15-18,29-31H,6-7,9,23H2,1H3,(H,24,25)(H,26,32)(H,27,33)(H,28,34)(H,35,36). The van der Waals surface area contributed by atoms with Crippen LogP contribution >= 0.6 is 0 Å². The monoisotopic (exact) mass is 506 g/mol. The molecule has 0 aliphatic rings. The number of hydrogen-bond acceptors (Lipinski definition) is 9. The Morgan fingerprint density at radius 3 is 2.14 bits per heavy atom. The quantitative estimate of drug-likeness (QED) is 0.135. The number of benzene rings is 1. The van der Waals surface area contributed by atoms with E-state index in [1.54, 1.807) is 0 Å². The number of aliphatic carboxylic acids is 1. The minimum atomic E-state index is -1.67. The summed E-state index contributed by atoms with van der Waals surface area (Å²) in [6, 6.07) is 0.311. The summed E-state index contributed by atoms with van der Waals surface area (Å²) in [7, 11) is 0. The van der Waals surface area contributed by atoms with Crippen molar-refractivity contribution in [1.29, 1.82) is 0 Å². The fourth-order valence-electron chi connectivity index (χ4n) is 3.19. The molecule has 0 spiro atoms. The number of aliphatic hydroxyl groups excluding tert-OH is 2. The number of carboxylic acids is 1. The van der Waals surface area contributed by atoms with Gasteiger partial charge >= 0.3 is 5.97 Å². The van der Waals surface area contributed by atoms with Crippen LogP contribution < -0.4 is 21.7 Å². The summed E-state index contributed by atoms with van der Waals surface area (Å²) in [5, 5.41) is 44.6. The number of aromatic hydroxyl groups is 1. The molecule has 36 heavy (non-hydrogen) atoms. The topological polar surface area (TPSA) is 240 Å². The molecule has 5 atom stereocenters. The van der Waals surface area contributed by atoms with E-state index < -0.39 is 60.6 Å². The van der Waals surface area contributed by atoms with Crippen LogP contribution in [0.1, 0.15) is 18.2 Å². The molecule has 2 rings (SSSR count). The van der Waals surface area contributed by atoms with Crippen molar-refractivity contribution in [1.82, 2.24) is 25.9 Å². The van der Waals surface area contributed by atoms with Gasteiger partial charge in [-0.3, -0.25) is 14.4 Å². The highest BCUT2D eigenvalue weighted by Gasteiger charge is 2.31. The van der Waals surface area contributed by atoms with Crippen LogP contribution in [-0.2, 0) is 32.0 Å². The van der Waals surface area contributed by atoms with Crippen molar-refractivity contribution in [3.05, 3.63) is 48.0 Å². The van der Waals surface area contributed by atoms with E-state index in [1.165, 1.54) is 36.8 Å². The van der Waals surface area contributed by atoms with Gasteiger partial charge in [-0.15, -0.1) is 0 Å². The summed E-state index contributed by atoms with van der Waals surface area (Å²) >= 11 is 0. The van der Waals surface area contributed by atoms with Gasteiger partial charge in [-0.05, 0) is 24.6 Å². The summed E-state index contributed by atoms with van der Waals surface area (Å²) in [4.78, 5) is 56.1. The number of aromatic nitrogens is 2. The van der Waals surface area contributed by atoms with Crippen molar-refractivity contribution in [3.8, 4) is 5.75 Å². The maximum atomic E-state index is 13.0. The number of aliphatic hydroxyl groups is 2. The van der Waals surface area contributed by atoms with Crippen molar-refractivity contribution in [2.45, 2.75) is 50.0 Å². The van der Waals surface area contributed by atoms with E-state index in [9.17, 15) is 34.5 Å². The van der Waals surface area contributed by atoms with Crippen molar-refractivity contribution in [2.24, 2.45) is 5.73 Å². The van der Waals surface area contributed by atoms with Gasteiger partial charge in [0.2, 0.25) is 17.7 Å².